The number of rotatable bonds is 0. The van der Waals surface area contributed by atoms with E-state index in [1.165, 1.54) is 25.7 Å². The third kappa shape index (κ3) is 8.10. The first-order chi connectivity index (χ1) is 8.79. The number of allylic oxidation sites excluding steroid dienone is 3. The van der Waals surface area contributed by atoms with Crippen LogP contribution in [0.25, 0.3) is 0 Å². The first-order valence-electron chi connectivity index (χ1n) is 7.24. The van der Waals surface area contributed by atoms with Crippen LogP contribution in [-0.4, -0.2) is 12.6 Å². The summed E-state index contributed by atoms with van der Waals surface area (Å²) in [5, 5.41) is 0. The fourth-order valence-electron chi connectivity index (χ4n) is 2.00. The second-order valence-electron chi connectivity index (χ2n) is 5.13. The van der Waals surface area contributed by atoms with Crippen molar-refractivity contribution >= 4 is 5.97 Å². The molecular weight excluding hydrogens is 224 g/mol. The minimum Gasteiger partial charge on any atom is -0.465 e. The average Bonchev–Trinajstić information content (AvgIpc) is 2.34. The van der Waals surface area contributed by atoms with Crippen LogP contribution in [0.4, 0.5) is 0 Å². The lowest BCUT2D eigenvalue weighted by Crippen LogP contribution is -2.07. The molecule has 0 N–H and O–H groups in total. The molecule has 0 aromatic carbocycles. The number of esters is 1. The van der Waals surface area contributed by atoms with E-state index >= 15 is 0 Å². The molecule has 1 aliphatic heterocycles. The van der Waals surface area contributed by atoms with Gasteiger partial charge in [0.15, 0.2) is 0 Å². The largest absolute Gasteiger partial charge is 0.465 e. The lowest BCUT2D eigenvalue weighted by atomic mass is 10.0. The fourth-order valence-corrected chi connectivity index (χ4v) is 2.00. The molecule has 18 heavy (non-hydrogen) atoms. The average molecular weight is 250 g/mol. The molecule has 0 fully saturated rings. The molecule has 2 heteroatoms. The smallest absolute Gasteiger partial charge is 0.309 e. The van der Waals surface area contributed by atoms with Gasteiger partial charge in [0.25, 0.3) is 0 Å². The lowest BCUT2D eigenvalue weighted by Gasteiger charge is -2.09. The highest BCUT2D eigenvalue weighted by Crippen LogP contribution is 2.11. The second-order valence-corrected chi connectivity index (χ2v) is 5.13. The molecule has 1 rings (SSSR count). The molecule has 0 aromatic rings. The summed E-state index contributed by atoms with van der Waals surface area (Å²) in [4.78, 5) is 11.4. The number of hydrogen-bond acceptors (Lipinski definition) is 2. The Balaban J connectivity index is 2.34. The molecule has 2 nitrogen and oxygen atoms in total. The normalized spacial score (nSPS) is 28.3. The van der Waals surface area contributed by atoms with Crippen molar-refractivity contribution in [2.24, 2.45) is 5.92 Å². The van der Waals surface area contributed by atoms with Crippen molar-refractivity contribution in [1.82, 2.24) is 0 Å². The molecule has 0 bridgehead atoms. The van der Waals surface area contributed by atoms with Gasteiger partial charge < -0.3 is 4.74 Å². The maximum Gasteiger partial charge on any atom is 0.309 e. The van der Waals surface area contributed by atoms with E-state index in [1.54, 1.807) is 0 Å². The summed E-state index contributed by atoms with van der Waals surface area (Å²) in [6.45, 7) is 2.77. The first-order valence-corrected chi connectivity index (χ1v) is 7.24. The highest BCUT2D eigenvalue weighted by Gasteiger charge is 2.03. The molecule has 0 aromatic heterocycles. The van der Waals surface area contributed by atoms with E-state index in [-0.39, 0.29) is 5.97 Å². The van der Waals surface area contributed by atoms with Crippen LogP contribution in [0.2, 0.25) is 0 Å². The predicted molar refractivity (Wildman–Crippen MR) is 75.3 cm³/mol. The van der Waals surface area contributed by atoms with Gasteiger partial charge >= 0.3 is 5.97 Å². The van der Waals surface area contributed by atoms with E-state index in [4.69, 9.17) is 4.74 Å². The van der Waals surface area contributed by atoms with Crippen molar-refractivity contribution in [3.05, 3.63) is 24.3 Å². The predicted octanol–water partition coefficient (Wildman–Crippen LogP) is 4.41. The van der Waals surface area contributed by atoms with Gasteiger partial charge in [0.2, 0.25) is 0 Å². The molecule has 102 valence electrons. The van der Waals surface area contributed by atoms with Gasteiger partial charge in [-0.25, -0.2) is 0 Å². The third-order valence-electron chi connectivity index (χ3n) is 3.27. The monoisotopic (exact) mass is 250 g/mol. The number of ether oxygens (including phenoxy) is 1. The molecule has 0 amide bonds. The zero-order valence-electron chi connectivity index (χ0n) is 11.6. The van der Waals surface area contributed by atoms with Crippen LogP contribution in [0.3, 0.4) is 0 Å². The minimum absolute atomic E-state index is 0.0962. The maximum atomic E-state index is 11.4. The van der Waals surface area contributed by atoms with Crippen LogP contribution >= 0.6 is 0 Å². The molecule has 0 radical (unpaired) electrons. The van der Waals surface area contributed by atoms with Crippen molar-refractivity contribution in [3.8, 4) is 0 Å². The second kappa shape index (κ2) is 9.93. The van der Waals surface area contributed by atoms with Crippen LogP contribution in [0.15, 0.2) is 24.3 Å². The van der Waals surface area contributed by atoms with Gasteiger partial charge in [-0.05, 0) is 44.4 Å². The van der Waals surface area contributed by atoms with E-state index in [9.17, 15) is 4.79 Å². The Hall–Kier alpha value is -1.05. The van der Waals surface area contributed by atoms with Gasteiger partial charge in [-0.2, -0.15) is 0 Å². The topological polar surface area (TPSA) is 26.3 Å². The van der Waals surface area contributed by atoms with E-state index in [0.29, 0.717) is 18.9 Å². The summed E-state index contributed by atoms with van der Waals surface area (Å²) in [5.74, 6) is 0.499. The Labute approximate surface area is 111 Å². The van der Waals surface area contributed by atoms with E-state index in [0.717, 1.165) is 19.3 Å². The summed E-state index contributed by atoms with van der Waals surface area (Å²) >= 11 is 0. The zero-order chi connectivity index (χ0) is 13.1. The summed E-state index contributed by atoms with van der Waals surface area (Å²) in [6, 6.07) is 0. The van der Waals surface area contributed by atoms with Gasteiger partial charge in [-0.1, -0.05) is 37.6 Å². The van der Waals surface area contributed by atoms with Gasteiger partial charge in [0, 0.05) is 0 Å². The molecule has 0 saturated heterocycles. The molecule has 0 spiro atoms. The summed E-state index contributed by atoms with van der Waals surface area (Å²) in [5.41, 5.74) is 0. The van der Waals surface area contributed by atoms with Crippen molar-refractivity contribution in [2.45, 2.75) is 58.3 Å². The highest BCUT2D eigenvalue weighted by atomic mass is 16.5. The van der Waals surface area contributed by atoms with Crippen LogP contribution in [0.1, 0.15) is 58.3 Å². The van der Waals surface area contributed by atoms with E-state index in [1.807, 2.05) is 6.08 Å². The summed E-state index contributed by atoms with van der Waals surface area (Å²) in [7, 11) is 0. The molecule has 0 saturated carbocycles. The first kappa shape index (κ1) is 15.0. The standard InChI is InChI=1S/C16H26O2/c1-15-11-9-7-5-3-2-4-6-8-10-12-16(17)18-14-13-15/h7-10,15H,2-6,11-14H2,1H3/b9-7-,10-8-. The van der Waals surface area contributed by atoms with Crippen LogP contribution in [0, 0.1) is 5.92 Å². The molecule has 1 aliphatic rings. The zero-order valence-corrected chi connectivity index (χ0v) is 11.6. The minimum atomic E-state index is -0.0962. The maximum absolute atomic E-state index is 11.4. The van der Waals surface area contributed by atoms with Gasteiger partial charge in [0.05, 0.1) is 13.0 Å². The number of carbonyl (C=O) groups excluding carboxylic acids is 1. The Morgan fingerprint density at radius 3 is 2.56 bits per heavy atom. The van der Waals surface area contributed by atoms with Crippen molar-refractivity contribution in [1.29, 1.82) is 0 Å². The molecular formula is C16H26O2. The van der Waals surface area contributed by atoms with Crippen LogP contribution in [0.5, 0.6) is 0 Å². The Morgan fingerprint density at radius 1 is 1.06 bits per heavy atom. The Bertz CT molecular complexity index is 279. The van der Waals surface area contributed by atoms with E-state index < -0.39 is 0 Å². The summed E-state index contributed by atoms with van der Waals surface area (Å²) in [6.07, 6.45) is 17.1. The lowest BCUT2D eigenvalue weighted by molar-refractivity contribution is -0.142. The quantitative estimate of drug-likeness (QED) is 0.470. The summed E-state index contributed by atoms with van der Waals surface area (Å²) < 4.78 is 5.20. The van der Waals surface area contributed by atoms with Gasteiger partial charge in [0.1, 0.15) is 0 Å². The number of carbonyl (C=O) groups is 1. The van der Waals surface area contributed by atoms with Gasteiger partial charge in [-0.3, -0.25) is 4.79 Å². The Kier molecular flexibility index (Phi) is 8.28. The highest BCUT2D eigenvalue weighted by molar-refractivity contribution is 5.71. The van der Waals surface area contributed by atoms with Crippen LogP contribution < -0.4 is 0 Å². The molecule has 1 unspecified atom stereocenters. The third-order valence-corrected chi connectivity index (χ3v) is 3.27. The Morgan fingerprint density at radius 2 is 1.78 bits per heavy atom. The fraction of sp³-hybridized carbons (Fsp3) is 0.688. The molecule has 0 aliphatic carbocycles. The molecule has 1 heterocycles. The number of cyclic esters (lactones) is 1. The van der Waals surface area contributed by atoms with Gasteiger partial charge in [-0.15, -0.1) is 0 Å². The SMILES string of the molecule is CC1C/C=C\CCCCC/C=C\CC(=O)OCC1. The van der Waals surface area contributed by atoms with Crippen LogP contribution in [-0.2, 0) is 9.53 Å². The van der Waals surface area contributed by atoms with E-state index in [2.05, 4.69) is 25.2 Å². The van der Waals surface area contributed by atoms with Crippen molar-refractivity contribution in [3.63, 3.8) is 0 Å². The van der Waals surface area contributed by atoms with Crippen molar-refractivity contribution in [2.75, 3.05) is 6.61 Å². The van der Waals surface area contributed by atoms with Crippen molar-refractivity contribution < 1.29 is 9.53 Å². The molecule has 1 atom stereocenters. The number of hydrogen-bond donors (Lipinski definition) is 0.